The van der Waals surface area contributed by atoms with E-state index in [2.05, 4.69) is 42.5 Å². The Balaban J connectivity index is 0.826. The van der Waals surface area contributed by atoms with Gasteiger partial charge in [-0.25, -0.2) is 4.79 Å². The van der Waals surface area contributed by atoms with Gasteiger partial charge in [-0.1, -0.05) is 63.8 Å². The van der Waals surface area contributed by atoms with Crippen molar-refractivity contribution >= 4 is 64.9 Å². The number of likely N-dealkylation sites (N-methyl/N-ethyl adjacent to an activating group) is 2. The van der Waals surface area contributed by atoms with Crippen LogP contribution in [-0.2, 0) is 65.7 Å². The summed E-state index contributed by atoms with van der Waals surface area (Å²) >= 11 is 0. The molecule has 22 heteroatoms. The molecule has 11 atom stereocenters. The quantitative estimate of drug-likeness (QED) is 0.0886. The molecule has 6 fully saturated rings. The van der Waals surface area contributed by atoms with E-state index in [0.717, 1.165) is 32.1 Å². The standard InChI is InChI=1S/C60H84N10O12/c1-35(61-5)50(72)66-43-19-9-7-17-41-21-24-48(69(41)55(43)77)54(76)64-33-37-14-12-16-40(30-37)65-49(71)34-82-58(80)60(4)39(25-27-59(60,2)3)31-46(62-6)52(74)67-44-20-10-8-18-42-22-23-47(70(42)56(44)78)53(75)63-32-36-13-11-15-38(29-36)51(73)68-45-26-28-81-57(45)79/h11-16,29-30,35,39,41-48,61-62H,7-10,17-28,31-34H2,1-6H3,(H,63,75)(H,64,76)(H,65,71)(H,66,72)(H,67,74)(H,68,73). The summed E-state index contributed by atoms with van der Waals surface area (Å²) < 4.78 is 10.8. The highest BCUT2D eigenvalue weighted by atomic mass is 16.5. The summed E-state index contributed by atoms with van der Waals surface area (Å²) in [5.41, 5.74) is 0.437. The second-order valence-corrected chi connectivity index (χ2v) is 24.0. The third-order valence-electron chi connectivity index (χ3n) is 18.6. The number of nitrogens with zero attached hydrogens (tertiary/aromatic N) is 2. The molecule has 82 heavy (non-hydrogen) atoms. The molecule has 0 spiro atoms. The van der Waals surface area contributed by atoms with E-state index in [0.29, 0.717) is 86.6 Å². The largest absolute Gasteiger partial charge is 0.464 e. The Hall–Kier alpha value is -6.94. The van der Waals surface area contributed by atoms with E-state index >= 15 is 0 Å². The highest BCUT2D eigenvalue weighted by Crippen LogP contribution is 2.58. The van der Waals surface area contributed by atoms with E-state index in [1.807, 2.05) is 20.8 Å². The van der Waals surface area contributed by atoms with Crippen molar-refractivity contribution in [3.05, 3.63) is 65.2 Å². The number of carbonyl (C=O) groups is 10. The molecule has 8 rings (SSSR count). The van der Waals surface area contributed by atoms with Crippen molar-refractivity contribution in [1.82, 2.24) is 47.0 Å². The maximum atomic E-state index is 14.5. The Morgan fingerprint density at radius 3 is 1.80 bits per heavy atom. The lowest BCUT2D eigenvalue weighted by Gasteiger charge is -2.41. The molecule has 8 N–H and O–H groups in total. The minimum Gasteiger partial charge on any atom is -0.464 e. The van der Waals surface area contributed by atoms with Gasteiger partial charge in [-0.3, -0.25) is 43.2 Å². The van der Waals surface area contributed by atoms with Gasteiger partial charge in [-0.2, -0.15) is 0 Å². The summed E-state index contributed by atoms with van der Waals surface area (Å²) in [7, 11) is 3.34. The average Bonchev–Trinajstić information content (AvgIpc) is 4.45. The van der Waals surface area contributed by atoms with Gasteiger partial charge in [0, 0.05) is 42.8 Å². The van der Waals surface area contributed by atoms with Crippen LogP contribution in [0.15, 0.2) is 48.5 Å². The van der Waals surface area contributed by atoms with Crippen LogP contribution in [0.25, 0.3) is 0 Å². The molecular weight excluding hydrogens is 1050 g/mol. The van der Waals surface area contributed by atoms with Gasteiger partial charge in [0.25, 0.3) is 11.8 Å². The number of anilines is 1. The van der Waals surface area contributed by atoms with Gasteiger partial charge >= 0.3 is 11.9 Å². The predicted octanol–water partition coefficient (Wildman–Crippen LogP) is 3.01. The zero-order valence-corrected chi connectivity index (χ0v) is 48.3. The molecule has 1 saturated carbocycles. The number of cyclic esters (lactones) is 1. The third-order valence-corrected chi connectivity index (χ3v) is 18.6. The minimum atomic E-state index is -1.10. The summed E-state index contributed by atoms with van der Waals surface area (Å²) in [6.07, 6.45) is 9.83. The van der Waals surface area contributed by atoms with Crippen LogP contribution in [0.4, 0.5) is 5.69 Å². The monoisotopic (exact) mass is 1140 g/mol. The molecule has 0 bridgehead atoms. The first-order chi connectivity index (χ1) is 39.2. The predicted molar refractivity (Wildman–Crippen MR) is 302 cm³/mol. The van der Waals surface area contributed by atoms with Gasteiger partial charge in [0.05, 0.1) is 24.1 Å². The molecule has 1 aliphatic carbocycles. The lowest BCUT2D eigenvalue weighted by atomic mass is 9.64. The van der Waals surface area contributed by atoms with Crippen LogP contribution in [0.2, 0.25) is 0 Å². The number of ether oxygens (including phenoxy) is 2. The van der Waals surface area contributed by atoms with E-state index in [9.17, 15) is 47.9 Å². The molecule has 11 unspecified atom stereocenters. The molecule has 0 radical (unpaired) electrons. The van der Waals surface area contributed by atoms with Crippen molar-refractivity contribution in [2.75, 3.05) is 32.6 Å². The van der Waals surface area contributed by atoms with Gasteiger partial charge in [-0.05, 0) is 145 Å². The second kappa shape index (κ2) is 27.0. The molecule has 5 heterocycles. The Bertz CT molecular complexity index is 2740. The van der Waals surface area contributed by atoms with E-state index < -0.39 is 89.4 Å². The number of rotatable bonds is 20. The Labute approximate surface area is 480 Å². The van der Waals surface area contributed by atoms with E-state index in [1.165, 1.54) is 0 Å². The minimum absolute atomic E-state index is 0.0848. The number of fused-ring (bicyclic) bond motifs is 2. The van der Waals surface area contributed by atoms with Crippen molar-refractivity contribution < 1.29 is 57.4 Å². The smallest absolute Gasteiger partial charge is 0.328 e. The lowest BCUT2D eigenvalue weighted by Crippen LogP contribution is -2.58. The summed E-state index contributed by atoms with van der Waals surface area (Å²) in [5.74, 6) is -4.24. The van der Waals surface area contributed by atoms with Crippen LogP contribution in [0.1, 0.15) is 152 Å². The topological polar surface area (TPSA) is 292 Å². The van der Waals surface area contributed by atoms with Crippen LogP contribution in [0.3, 0.4) is 0 Å². The maximum absolute atomic E-state index is 14.5. The number of benzene rings is 2. The molecule has 446 valence electrons. The lowest BCUT2D eigenvalue weighted by molar-refractivity contribution is -0.166. The zero-order valence-electron chi connectivity index (χ0n) is 48.3. The highest BCUT2D eigenvalue weighted by molar-refractivity contribution is 5.98. The molecule has 6 aliphatic rings. The summed E-state index contributed by atoms with van der Waals surface area (Å²) in [6.45, 7) is 7.42. The Morgan fingerprint density at radius 1 is 0.659 bits per heavy atom. The normalized spacial score (nSPS) is 27.7. The SMILES string of the molecule is CNC(C)C(=O)NC1CCCCC2CCC(C(=O)NCc3cccc(NC(=O)COC(=O)C4(C)C(CC(NC)C(=O)NC5CCCCC6CCC(C(=O)NCc7cccc(C(=O)NC8CCOC8=O)c7)N6C5=O)CCC4(C)C)c3)N2C1=O. The number of hydrogen-bond acceptors (Lipinski definition) is 14. The molecule has 2 aromatic carbocycles. The number of amides is 8. The van der Waals surface area contributed by atoms with Gasteiger partial charge < -0.3 is 61.8 Å². The van der Waals surface area contributed by atoms with Gasteiger partial charge in [-0.15, -0.1) is 0 Å². The van der Waals surface area contributed by atoms with E-state index in [1.54, 1.807) is 79.3 Å². The fraction of sp³-hybridized carbons (Fsp3) is 0.633. The Morgan fingerprint density at radius 2 is 1.23 bits per heavy atom. The van der Waals surface area contributed by atoms with Crippen molar-refractivity contribution in [3.63, 3.8) is 0 Å². The molecular formula is C60H84N10O12. The van der Waals surface area contributed by atoms with Crippen LogP contribution < -0.4 is 42.5 Å². The fourth-order valence-electron chi connectivity index (χ4n) is 13.2. The Kier molecular flexibility index (Phi) is 20.1. The number of nitrogens with one attached hydrogen (secondary N) is 8. The number of esters is 2. The van der Waals surface area contributed by atoms with Gasteiger partial charge in [0.15, 0.2) is 6.61 Å². The molecule has 8 amide bonds. The summed E-state index contributed by atoms with van der Waals surface area (Å²) in [4.78, 5) is 139. The third kappa shape index (κ3) is 13.9. The summed E-state index contributed by atoms with van der Waals surface area (Å²) in [6, 6.07) is 8.41. The highest BCUT2D eigenvalue weighted by Gasteiger charge is 2.58. The molecule has 5 saturated heterocycles. The van der Waals surface area contributed by atoms with Crippen LogP contribution in [0, 0.1) is 16.7 Å². The molecule has 2 aromatic rings. The maximum Gasteiger partial charge on any atom is 0.328 e. The second-order valence-electron chi connectivity index (χ2n) is 24.0. The van der Waals surface area contributed by atoms with Gasteiger partial charge in [0.1, 0.15) is 30.2 Å². The van der Waals surface area contributed by atoms with E-state index in [-0.39, 0.29) is 73.7 Å². The number of carbonyl (C=O) groups excluding carboxylic acids is 10. The zero-order chi connectivity index (χ0) is 58.9. The summed E-state index contributed by atoms with van der Waals surface area (Å²) in [5, 5.41) is 23.4. The first-order valence-corrected chi connectivity index (χ1v) is 29.5. The molecule has 5 aliphatic heterocycles. The first-order valence-electron chi connectivity index (χ1n) is 29.5. The first kappa shape index (κ1) is 61.1. The van der Waals surface area contributed by atoms with Crippen molar-refractivity contribution in [3.8, 4) is 0 Å². The number of hydrogen-bond donors (Lipinski definition) is 8. The van der Waals surface area contributed by atoms with Crippen LogP contribution in [0.5, 0.6) is 0 Å². The van der Waals surface area contributed by atoms with Crippen molar-refractivity contribution in [2.24, 2.45) is 16.7 Å². The molecule has 22 nitrogen and oxygen atoms in total. The van der Waals surface area contributed by atoms with Crippen LogP contribution >= 0.6 is 0 Å². The van der Waals surface area contributed by atoms with Crippen LogP contribution in [-0.4, -0.2) is 151 Å². The van der Waals surface area contributed by atoms with Crippen molar-refractivity contribution in [2.45, 2.75) is 198 Å². The average molecular weight is 1140 g/mol. The fourth-order valence-corrected chi connectivity index (χ4v) is 13.2. The van der Waals surface area contributed by atoms with E-state index in [4.69, 9.17) is 9.47 Å². The van der Waals surface area contributed by atoms with Crippen molar-refractivity contribution in [1.29, 1.82) is 0 Å². The molecule has 0 aromatic heterocycles. The van der Waals surface area contributed by atoms with Gasteiger partial charge in [0.2, 0.25) is 35.4 Å².